The van der Waals surface area contributed by atoms with E-state index in [1.54, 1.807) is 6.20 Å². The maximum Gasteiger partial charge on any atom is 0.326 e. The van der Waals surface area contributed by atoms with Gasteiger partial charge in [-0.15, -0.1) is 0 Å². The van der Waals surface area contributed by atoms with Gasteiger partial charge in [-0.05, 0) is 37.4 Å². The topological polar surface area (TPSA) is 230 Å². The van der Waals surface area contributed by atoms with Crippen molar-refractivity contribution in [2.45, 2.75) is 50.2 Å². The molecule has 1 aromatic heterocycles. The van der Waals surface area contributed by atoms with E-state index in [-0.39, 0.29) is 12.8 Å². The first-order valence-electron chi connectivity index (χ1n) is 11.4. The third kappa shape index (κ3) is 8.67. The van der Waals surface area contributed by atoms with Crippen molar-refractivity contribution in [3.8, 4) is 0 Å². The third-order valence-electron chi connectivity index (χ3n) is 5.47. The summed E-state index contributed by atoms with van der Waals surface area (Å²) in [6, 6.07) is 3.63. The Hall–Kier alpha value is -3.97. The Morgan fingerprint density at radius 3 is 2.36 bits per heavy atom. The molecule has 3 amide bonds. The molecule has 1 heterocycles. The van der Waals surface area contributed by atoms with Gasteiger partial charge >= 0.3 is 11.9 Å². The van der Waals surface area contributed by atoms with Gasteiger partial charge in [-0.2, -0.15) is 0 Å². The van der Waals surface area contributed by atoms with E-state index in [1.165, 1.54) is 0 Å². The fourth-order valence-corrected chi connectivity index (χ4v) is 3.58. The van der Waals surface area contributed by atoms with E-state index < -0.39 is 60.8 Å². The SMILES string of the molecule is NCCCCC(NC(=O)CNC(=O)C(Cc1c[nH]c2ccccc12)NC(=O)C(N)CC(=O)O)C(=O)O. The molecule has 0 spiro atoms. The molecule has 0 bridgehead atoms. The summed E-state index contributed by atoms with van der Waals surface area (Å²) in [6.07, 6.45) is 2.38. The highest BCUT2D eigenvalue weighted by molar-refractivity contribution is 5.94. The van der Waals surface area contributed by atoms with Crippen LogP contribution in [0.5, 0.6) is 0 Å². The minimum Gasteiger partial charge on any atom is -0.481 e. The van der Waals surface area contributed by atoms with Gasteiger partial charge in [0, 0.05) is 23.5 Å². The van der Waals surface area contributed by atoms with Gasteiger partial charge in [0.15, 0.2) is 0 Å². The maximum atomic E-state index is 12.9. The lowest BCUT2D eigenvalue weighted by atomic mass is 10.0. The van der Waals surface area contributed by atoms with Crippen LogP contribution in [0.2, 0.25) is 0 Å². The van der Waals surface area contributed by atoms with Gasteiger partial charge in [0.05, 0.1) is 19.0 Å². The van der Waals surface area contributed by atoms with Crippen molar-refractivity contribution >= 4 is 40.6 Å². The van der Waals surface area contributed by atoms with E-state index in [4.69, 9.17) is 16.6 Å². The zero-order valence-corrected chi connectivity index (χ0v) is 19.7. The molecule has 3 atom stereocenters. The molecule has 0 radical (unpaired) electrons. The number of aliphatic carboxylic acids is 2. The molecule has 0 aliphatic carbocycles. The normalized spacial score (nSPS) is 13.4. The molecular formula is C23H32N6O7. The minimum atomic E-state index is -1.38. The lowest BCUT2D eigenvalue weighted by Crippen LogP contribution is -2.54. The number of carbonyl (C=O) groups is 5. The van der Waals surface area contributed by atoms with Gasteiger partial charge in [0.2, 0.25) is 17.7 Å². The first-order chi connectivity index (χ1) is 17.1. The van der Waals surface area contributed by atoms with Crippen LogP contribution in [0.25, 0.3) is 10.9 Å². The second kappa shape index (κ2) is 13.8. The standard InChI is InChI=1S/C23H32N6O7/c24-8-4-3-7-17(23(35)36)28-19(30)12-27-22(34)18(29-21(33)15(25)10-20(31)32)9-13-11-26-16-6-2-1-5-14(13)16/h1-2,5-6,11,15,17-18,26H,3-4,7-10,12,24-25H2,(H,27,34)(H,28,30)(H,29,33)(H,31,32)(H,35,36). The fraction of sp³-hybridized carbons (Fsp3) is 0.435. The first-order valence-corrected chi connectivity index (χ1v) is 11.4. The Labute approximate surface area is 207 Å². The predicted octanol–water partition coefficient (Wildman–Crippen LogP) is -1.19. The summed E-state index contributed by atoms with van der Waals surface area (Å²) in [7, 11) is 0. The molecule has 13 heteroatoms. The van der Waals surface area contributed by atoms with Crippen molar-refractivity contribution in [2.24, 2.45) is 11.5 Å². The molecule has 0 aliphatic rings. The van der Waals surface area contributed by atoms with Crippen LogP contribution in [0.3, 0.4) is 0 Å². The zero-order chi connectivity index (χ0) is 26.7. The largest absolute Gasteiger partial charge is 0.481 e. The van der Waals surface area contributed by atoms with Crippen LogP contribution in [0.1, 0.15) is 31.2 Å². The number of carbonyl (C=O) groups excluding carboxylic acids is 3. The number of benzene rings is 1. The molecule has 0 saturated heterocycles. The lowest BCUT2D eigenvalue weighted by molar-refractivity contribution is -0.142. The number of amides is 3. The quantitative estimate of drug-likeness (QED) is 0.136. The summed E-state index contributed by atoms with van der Waals surface area (Å²) in [5.41, 5.74) is 12.5. The van der Waals surface area contributed by atoms with Crippen LogP contribution < -0.4 is 27.4 Å². The van der Waals surface area contributed by atoms with Gasteiger partial charge in [-0.25, -0.2) is 4.79 Å². The van der Waals surface area contributed by atoms with Gasteiger partial charge in [0.25, 0.3) is 0 Å². The molecule has 36 heavy (non-hydrogen) atoms. The summed E-state index contributed by atoms with van der Waals surface area (Å²) in [6.45, 7) is -0.128. The smallest absolute Gasteiger partial charge is 0.326 e. The second-order valence-electron chi connectivity index (χ2n) is 8.29. The van der Waals surface area contributed by atoms with E-state index in [1.807, 2.05) is 24.3 Å². The number of nitrogens with two attached hydrogens (primary N) is 2. The first kappa shape index (κ1) is 28.3. The van der Waals surface area contributed by atoms with Gasteiger partial charge in [-0.3, -0.25) is 19.2 Å². The van der Waals surface area contributed by atoms with Crippen molar-refractivity contribution in [2.75, 3.05) is 13.1 Å². The predicted molar refractivity (Wildman–Crippen MR) is 130 cm³/mol. The lowest BCUT2D eigenvalue weighted by Gasteiger charge is -2.20. The number of para-hydroxylation sites is 1. The van der Waals surface area contributed by atoms with E-state index >= 15 is 0 Å². The van der Waals surface area contributed by atoms with Gasteiger partial charge < -0.3 is 42.6 Å². The van der Waals surface area contributed by atoms with E-state index in [0.717, 1.165) is 10.9 Å². The van der Waals surface area contributed by atoms with E-state index in [2.05, 4.69) is 20.9 Å². The third-order valence-corrected chi connectivity index (χ3v) is 5.47. The molecule has 2 aromatic rings. The van der Waals surface area contributed by atoms with Crippen LogP contribution in [-0.2, 0) is 30.4 Å². The maximum absolute atomic E-state index is 12.9. The Morgan fingerprint density at radius 2 is 1.69 bits per heavy atom. The number of unbranched alkanes of at least 4 members (excludes halogenated alkanes) is 1. The Bertz CT molecular complexity index is 1090. The molecule has 0 aliphatic heterocycles. The average molecular weight is 505 g/mol. The summed E-state index contributed by atoms with van der Waals surface area (Å²) < 4.78 is 0. The summed E-state index contributed by atoms with van der Waals surface area (Å²) >= 11 is 0. The van der Waals surface area contributed by atoms with Crippen LogP contribution in [0.4, 0.5) is 0 Å². The van der Waals surface area contributed by atoms with E-state index in [0.29, 0.717) is 24.9 Å². The molecule has 13 nitrogen and oxygen atoms in total. The number of fused-ring (bicyclic) bond motifs is 1. The van der Waals surface area contributed by atoms with Gasteiger partial charge in [0.1, 0.15) is 12.1 Å². The zero-order valence-electron chi connectivity index (χ0n) is 19.7. The summed E-state index contributed by atoms with van der Waals surface area (Å²) in [5.74, 6) is -4.76. The highest BCUT2D eigenvalue weighted by Crippen LogP contribution is 2.19. The molecule has 1 aromatic carbocycles. The number of carboxylic acids is 2. The van der Waals surface area contributed by atoms with E-state index in [9.17, 15) is 29.1 Å². The monoisotopic (exact) mass is 504 g/mol. The Balaban J connectivity index is 2.08. The minimum absolute atomic E-state index is 0.0276. The summed E-state index contributed by atoms with van der Waals surface area (Å²) in [4.78, 5) is 63.0. The molecule has 2 rings (SSSR count). The highest BCUT2D eigenvalue weighted by Gasteiger charge is 2.27. The molecule has 0 fully saturated rings. The fourth-order valence-electron chi connectivity index (χ4n) is 3.58. The molecule has 3 unspecified atom stereocenters. The number of nitrogens with one attached hydrogen (secondary N) is 4. The van der Waals surface area contributed by atoms with Crippen molar-refractivity contribution in [1.29, 1.82) is 0 Å². The van der Waals surface area contributed by atoms with Crippen molar-refractivity contribution in [3.05, 3.63) is 36.0 Å². The van der Waals surface area contributed by atoms with Crippen molar-refractivity contribution in [1.82, 2.24) is 20.9 Å². The number of carboxylic acid groups (broad SMARTS) is 2. The number of hydrogen-bond donors (Lipinski definition) is 8. The van der Waals surface area contributed by atoms with Crippen LogP contribution in [0.15, 0.2) is 30.5 Å². The second-order valence-corrected chi connectivity index (χ2v) is 8.29. The molecule has 0 saturated carbocycles. The summed E-state index contributed by atoms with van der Waals surface area (Å²) in [5, 5.41) is 26.2. The number of aromatic nitrogens is 1. The molecule has 196 valence electrons. The number of rotatable bonds is 15. The van der Waals surface area contributed by atoms with Crippen LogP contribution >= 0.6 is 0 Å². The van der Waals surface area contributed by atoms with Crippen molar-refractivity contribution in [3.63, 3.8) is 0 Å². The number of aromatic amines is 1. The van der Waals surface area contributed by atoms with Gasteiger partial charge in [-0.1, -0.05) is 18.2 Å². The Kier molecular flexibility index (Phi) is 10.8. The molecular weight excluding hydrogens is 472 g/mol. The number of H-pyrrole nitrogens is 1. The van der Waals surface area contributed by atoms with Crippen LogP contribution in [-0.4, -0.2) is 76.1 Å². The number of hydrogen-bond acceptors (Lipinski definition) is 7. The Morgan fingerprint density at radius 1 is 0.972 bits per heavy atom. The van der Waals surface area contributed by atoms with Crippen molar-refractivity contribution < 1.29 is 34.2 Å². The average Bonchev–Trinajstić information content (AvgIpc) is 3.23. The molecule has 10 N–H and O–H groups in total. The van der Waals surface area contributed by atoms with Crippen LogP contribution in [0, 0.1) is 0 Å². The highest BCUT2D eigenvalue weighted by atomic mass is 16.4.